The minimum atomic E-state index is -0.525. The van der Waals surface area contributed by atoms with Crippen LogP contribution >= 0.6 is 0 Å². The number of carbonyl (C=O) groups excluding carboxylic acids is 2. The molecule has 10 heteroatoms. The smallest absolute Gasteiger partial charge is 0.325 e. The molecule has 2 fully saturated rings. The van der Waals surface area contributed by atoms with Crippen molar-refractivity contribution in [3.8, 4) is 11.1 Å². The zero-order chi connectivity index (χ0) is 35.4. The maximum atomic E-state index is 12.2. The summed E-state index contributed by atoms with van der Waals surface area (Å²) < 4.78 is 18.1. The summed E-state index contributed by atoms with van der Waals surface area (Å²) in [5.41, 5.74) is 7.23. The van der Waals surface area contributed by atoms with E-state index in [0.29, 0.717) is 6.54 Å². The molecule has 3 N–H and O–H groups in total. The van der Waals surface area contributed by atoms with E-state index in [1.165, 1.54) is 5.56 Å². The summed E-state index contributed by atoms with van der Waals surface area (Å²) in [6, 6.07) is 34.5. The molecular weight excluding hydrogens is 644 g/mol. The number of nitrogens with one attached hydrogen (secondary N) is 2. The van der Waals surface area contributed by atoms with Crippen molar-refractivity contribution in [1.82, 2.24) is 20.4 Å². The number of ether oxygens (including phenoxy) is 3. The first-order chi connectivity index (χ1) is 24.9. The van der Waals surface area contributed by atoms with E-state index >= 15 is 0 Å². The first-order valence-electron chi connectivity index (χ1n) is 17.8. The Hall–Kier alpha value is -4.58. The Bertz CT molecular complexity index is 1690. The number of esters is 1. The predicted octanol–water partition coefficient (Wildman–Crippen LogP) is 5.57. The van der Waals surface area contributed by atoms with E-state index in [2.05, 4.69) is 75.0 Å². The van der Waals surface area contributed by atoms with Crippen LogP contribution in [-0.2, 0) is 38.7 Å². The second-order valence-corrected chi connectivity index (χ2v) is 13.1. The highest BCUT2D eigenvalue weighted by Crippen LogP contribution is 2.38. The number of hydrogen-bond donors (Lipinski definition) is 3. The SMILES string of the molecule is CCOC(=O)CNC(=O)NCc1cccc(-c2ccc(C3OC(CN4CCN(Cc5ccccc5)CC4)CC(c4ccc(CO)cc4)O3)cc2)c1. The molecule has 3 atom stereocenters. The molecule has 4 aromatic carbocycles. The Morgan fingerprint density at radius 3 is 2.20 bits per heavy atom. The molecule has 51 heavy (non-hydrogen) atoms. The van der Waals surface area contributed by atoms with Gasteiger partial charge in [0.05, 0.1) is 25.4 Å². The molecule has 2 amide bonds. The van der Waals surface area contributed by atoms with Gasteiger partial charge in [-0.2, -0.15) is 0 Å². The Morgan fingerprint density at radius 1 is 0.765 bits per heavy atom. The molecule has 4 aromatic rings. The lowest BCUT2D eigenvalue weighted by Gasteiger charge is -2.40. The molecule has 6 rings (SSSR count). The van der Waals surface area contributed by atoms with Gasteiger partial charge in [0.25, 0.3) is 0 Å². The fraction of sp³-hybridized carbons (Fsp3) is 0.366. The Labute approximate surface area is 300 Å². The monoisotopic (exact) mass is 692 g/mol. The number of aliphatic hydroxyl groups excluding tert-OH is 1. The van der Waals surface area contributed by atoms with E-state index in [0.717, 1.165) is 79.1 Å². The summed E-state index contributed by atoms with van der Waals surface area (Å²) in [7, 11) is 0. The molecule has 2 aliphatic heterocycles. The largest absolute Gasteiger partial charge is 0.465 e. The molecule has 0 radical (unpaired) electrons. The van der Waals surface area contributed by atoms with Crippen molar-refractivity contribution < 1.29 is 28.9 Å². The summed E-state index contributed by atoms with van der Waals surface area (Å²) in [5, 5.41) is 14.9. The Balaban J connectivity index is 1.09. The quantitative estimate of drug-likeness (QED) is 0.156. The van der Waals surface area contributed by atoms with Crippen molar-refractivity contribution in [1.29, 1.82) is 0 Å². The molecule has 0 bridgehead atoms. The number of piperazine rings is 1. The first-order valence-corrected chi connectivity index (χ1v) is 17.8. The molecule has 268 valence electrons. The highest BCUT2D eigenvalue weighted by atomic mass is 16.7. The number of urea groups is 1. The summed E-state index contributed by atoms with van der Waals surface area (Å²) in [4.78, 5) is 28.7. The zero-order valence-corrected chi connectivity index (χ0v) is 29.2. The maximum Gasteiger partial charge on any atom is 0.325 e. The van der Waals surface area contributed by atoms with Crippen LogP contribution in [0.15, 0.2) is 103 Å². The van der Waals surface area contributed by atoms with Gasteiger partial charge in [-0.15, -0.1) is 0 Å². The van der Waals surface area contributed by atoms with Gasteiger partial charge >= 0.3 is 12.0 Å². The molecule has 0 aliphatic carbocycles. The fourth-order valence-corrected chi connectivity index (χ4v) is 6.60. The van der Waals surface area contributed by atoms with Gasteiger partial charge in [0.15, 0.2) is 6.29 Å². The lowest BCUT2D eigenvalue weighted by Crippen LogP contribution is -2.49. The standard InChI is InChI=1S/C41H48N4O6/c1-2-49-39(47)26-43-41(48)42-25-32-9-6-10-36(23-32)33-15-17-35(18-16-33)40-50-37(24-38(51-40)34-13-11-31(29-46)12-14-34)28-45-21-19-44(20-22-45)27-30-7-4-3-5-8-30/h3-18,23,37-38,40,46H,2,19-22,24-29H2,1H3,(H2,42,43,48). The molecule has 0 aromatic heterocycles. The molecule has 2 heterocycles. The van der Waals surface area contributed by atoms with Crippen LogP contribution < -0.4 is 10.6 Å². The van der Waals surface area contributed by atoms with Crippen LogP contribution in [0.4, 0.5) is 4.79 Å². The van der Waals surface area contributed by atoms with Crippen molar-refractivity contribution in [3.05, 3.63) is 131 Å². The minimum absolute atomic E-state index is 0.00857. The summed E-state index contributed by atoms with van der Waals surface area (Å²) in [5.74, 6) is -0.474. The average molecular weight is 693 g/mol. The van der Waals surface area contributed by atoms with Crippen LogP contribution in [0.2, 0.25) is 0 Å². The Morgan fingerprint density at radius 2 is 1.47 bits per heavy atom. The van der Waals surface area contributed by atoms with E-state index in [4.69, 9.17) is 14.2 Å². The molecule has 2 aliphatic rings. The van der Waals surface area contributed by atoms with Gasteiger partial charge in [-0.1, -0.05) is 97.1 Å². The predicted molar refractivity (Wildman–Crippen MR) is 195 cm³/mol. The van der Waals surface area contributed by atoms with Crippen molar-refractivity contribution in [3.63, 3.8) is 0 Å². The summed E-state index contributed by atoms with van der Waals surface area (Å²) in [6.07, 6.45) is 0.0757. The van der Waals surface area contributed by atoms with Crippen molar-refractivity contribution in [2.45, 2.75) is 51.5 Å². The van der Waals surface area contributed by atoms with E-state index in [1.54, 1.807) is 6.92 Å². The Kier molecular flexibility index (Phi) is 12.8. The van der Waals surface area contributed by atoms with Crippen molar-refractivity contribution in [2.75, 3.05) is 45.9 Å². The summed E-state index contributed by atoms with van der Waals surface area (Å²) >= 11 is 0. The molecule has 0 spiro atoms. The fourth-order valence-electron chi connectivity index (χ4n) is 6.60. The lowest BCUT2D eigenvalue weighted by atomic mass is 9.98. The van der Waals surface area contributed by atoms with E-state index in [-0.39, 0.29) is 32.0 Å². The van der Waals surface area contributed by atoms with E-state index < -0.39 is 18.3 Å². The number of benzene rings is 4. The van der Waals surface area contributed by atoms with Crippen LogP contribution in [0.1, 0.15) is 53.6 Å². The molecule has 3 unspecified atom stereocenters. The number of aliphatic hydroxyl groups is 1. The van der Waals surface area contributed by atoms with E-state index in [9.17, 15) is 14.7 Å². The van der Waals surface area contributed by atoms with Gasteiger partial charge in [0.1, 0.15) is 6.54 Å². The first kappa shape index (κ1) is 36.2. The third-order valence-corrected chi connectivity index (χ3v) is 9.39. The third kappa shape index (κ3) is 10.5. The molecular formula is C41H48N4O6. The van der Waals surface area contributed by atoms with Gasteiger partial charge in [0, 0.05) is 57.8 Å². The second kappa shape index (κ2) is 18.1. The lowest BCUT2D eigenvalue weighted by molar-refractivity contribution is -0.253. The van der Waals surface area contributed by atoms with E-state index in [1.807, 2.05) is 48.5 Å². The molecule has 2 saturated heterocycles. The molecule has 0 saturated carbocycles. The molecule has 10 nitrogen and oxygen atoms in total. The van der Waals surface area contributed by atoms with Gasteiger partial charge < -0.3 is 30.0 Å². The van der Waals surface area contributed by atoms with Crippen LogP contribution in [0.25, 0.3) is 11.1 Å². The normalized spacial score (nSPS) is 19.7. The number of rotatable bonds is 13. The average Bonchev–Trinajstić information content (AvgIpc) is 3.17. The topological polar surface area (TPSA) is 113 Å². The number of nitrogens with zero attached hydrogens (tertiary/aromatic N) is 2. The zero-order valence-electron chi connectivity index (χ0n) is 29.2. The number of carbonyl (C=O) groups is 2. The highest BCUT2D eigenvalue weighted by Gasteiger charge is 2.34. The number of hydrogen-bond acceptors (Lipinski definition) is 8. The van der Waals surface area contributed by atoms with Crippen LogP contribution in [0, 0.1) is 0 Å². The van der Waals surface area contributed by atoms with Gasteiger partial charge in [-0.05, 0) is 46.4 Å². The van der Waals surface area contributed by atoms with Crippen molar-refractivity contribution >= 4 is 12.0 Å². The van der Waals surface area contributed by atoms with Gasteiger partial charge in [-0.25, -0.2) is 4.79 Å². The second-order valence-electron chi connectivity index (χ2n) is 13.1. The maximum absolute atomic E-state index is 12.2. The minimum Gasteiger partial charge on any atom is -0.465 e. The van der Waals surface area contributed by atoms with Crippen LogP contribution in [0.5, 0.6) is 0 Å². The third-order valence-electron chi connectivity index (χ3n) is 9.39. The van der Waals surface area contributed by atoms with Gasteiger partial charge in [-0.3, -0.25) is 14.6 Å². The van der Waals surface area contributed by atoms with Crippen LogP contribution in [-0.4, -0.2) is 78.9 Å². The van der Waals surface area contributed by atoms with Crippen molar-refractivity contribution in [2.24, 2.45) is 0 Å². The highest BCUT2D eigenvalue weighted by molar-refractivity contribution is 5.80. The van der Waals surface area contributed by atoms with Crippen LogP contribution in [0.3, 0.4) is 0 Å². The number of amides is 2. The summed E-state index contributed by atoms with van der Waals surface area (Å²) in [6.45, 7) is 7.99. The van der Waals surface area contributed by atoms with Gasteiger partial charge in [0.2, 0.25) is 0 Å².